The van der Waals surface area contributed by atoms with E-state index in [1.807, 2.05) is 30.3 Å². The first kappa shape index (κ1) is 18.7. The number of alkyl halides is 3. The number of benzene rings is 1. The molecule has 0 radical (unpaired) electrons. The van der Waals surface area contributed by atoms with Gasteiger partial charge in [0.2, 0.25) is 0 Å². The number of nitrogens with zero attached hydrogens (tertiary/aromatic N) is 1. The normalized spacial score (nSPS) is 24.5. The molecule has 2 rings (SSSR count). The number of aliphatic hydroxyl groups is 2. The Hall–Kier alpha value is -1.60. The van der Waals surface area contributed by atoms with Gasteiger partial charge in [-0.05, 0) is 38.2 Å². The average Bonchev–Trinajstić information content (AvgIpc) is 2.52. The van der Waals surface area contributed by atoms with Crippen LogP contribution in [0.25, 0.3) is 0 Å². The zero-order valence-electron chi connectivity index (χ0n) is 13.5. The van der Waals surface area contributed by atoms with E-state index in [0.29, 0.717) is 6.42 Å². The number of hydrogen-bond acceptors (Lipinski definition) is 3. The number of piperidine rings is 1. The third kappa shape index (κ3) is 4.08. The van der Waals surface area contributed by atoms with E-state index in [4.69, 9.17) is 0 Å². The Morgan fingerprint density at radius 3 is 2.50 bits per heavy atom. The van der Waals surface area contributed by atoms with Gasteiger partial charge in [0.25, 0.3) is 5.91 Å². The predicted octanol–water partition coefficient (Wildman–Crippen LogP) is 2.29. The molecule has 1 amide bonds. The van der Waals surface area contributed by atoms with Crippen molar-refractivity contribution in [3.8, 4) is 0 Å². The van der Waals surface area contributed by atoms with Crippen LogP contribution in [0.1, 0.15) is 31.7 Å². The number of amides is 1. The van der Waals surface area contributed by atoms with Crippen molar-refractivity contribution in [3.05, 3.63) is 35.9 Å². The van der Waals surface area contributed by atoms with E-state index in [0.717, 1.165) is 10.5 Å². The van der Waals surface area contributed by atoms with E-state index in [1.54, 1.807) is 0 Å². The smallest absolute Gasteiger partial charge is 0.380 e. The molecule has 7 heteroatoms. The Kier molecular flexibility index (Phi) is 5.25. The molecule has 24 heavy (non-hydrogen) atoms. The van der Waals surface area contributed by atoms with Crippen molar-refractivity contribution in [1.29, 1.82) is 0 Å². The van der Waals surface area contributed by atoms with Crippen LogP contribution in [0, 0.1) is 0 Å². The third-order valence-corrected chi connectivity index (χ3v) is 4.49. The van der Waals surface area contributed by atoms with Crippen molar-refractivity contribution in [2.45, 2.75) is 50.0 Å². The third-order valence-electron chi connectivity index (χ3n) is 4.49. The number of rotatable bonds is 4. The number of β-amino-alcohol motifs (C(OH)–C–C–N with tert-alkyl or cyclic N) is 1. The average molecular weight is 345 g/mol. The number of carbonyl (C=O) groups is 1. The summed E-state index contributed by atoms with van der Waals surface area (Å²) in [6, 6.07) is 9.21. The fourth-order valence-corrected chi connectivity index (χ4v) is 2.92. The standard InChI is InChI=1S/C17H22F3NO3/c1-15(23,10-8-13-6-3-2-4-7-13)14(22)21-11-5-9-16(24,12-21)17(18,19)20/h2-4,6-7,23-24H,5,8-12H2,1H3. The molecule has 1 saturated heterocycles. The van der Waals surface area contributed by atoms with Gasteiger partial charge < -0.3 is 15.1 Å². The Labute approximate surface area is 138 Å². The lowest BCUT2D eigenvalue weighted by molar-refractivity contribution is -0.273. The minimum Gasteiger partial charge on any atom is -0.380 e. The Balaban J connectivity index is 2.03. The summed E-state index contributed by atoms with van der Waals surface area (Å²) in [4.78, 5) is 13.4. The molecule has 1 aliphatic rings. The zero-order valence-corrected chi connectivity index (χ0v) is 13.5. The summed E-state index contributed by atoms with van der Waals surface area (Å²) in [7, 11) is 0. The Bertz CT molecular complexity index is 574. The van der Waals surface area contributed by atoms with Crippen LogP contribution in [0.5, 0.6) is 0 Å². The van der Waals surface area contributed by atoms with Crippen molar-refractivity contribution in [3.63, 3.8) is 0 Å². The van der Waals surface area contributed by atoms with Gasteiger partial charge >= 0.3 is 6.18 Å². The van der Waals surface area contributed by atoms with Gasteiger partial charge in [0.15, 0.2) is 5.60 Å². The predicted molar refractivity (Wildman–Crippen MR) is 82.2 cm³/mol. The van der Waals surface area contributed by atoms with E-state index in [1.165, 1.54) is 6.92 Å². The van der Waals surface area contributed by atoms with Crippen LogP contribution >= 0.6 is 0 Å². The minimum atomic E-state index is -4.80. The lowest BCUT2D eigenvalue weighted by atomic mass is 9.89. The minimum absolute atomic E-state index is 0.0382. The molecule has 134 valence electrons. The van der Waals surface area contributed by atoms with Gasteiger partial charge in [0.05, 0.1) is 6.54 Å². The van der Waals surface area contributed by atoms with E-state index >= 15 is 0 Å². The number of halogens is 3. The summed E-state index contributed by atoms with van der Waals surface area (Å²) in [5.74, 6) is -0.777. The molecule has 0 bridgehead atoms. The summed E-state index contributed by atoms with van der Waals surface area (Å²) in [5.41, 5.74) is -3.76. The molecule has 1 fully saturated rings. The molecule has 0 aromatic heterocycles. The number of likely N-dealkylation sites (tertiary alicyclic amines) is 1. The number of carbonyl (C=O) groups excluding carboxylic acids is 1. The molecule has 0 saturated carbocycles. The highest BCUT2D eigenvalue weighted by molar-refractivity contribution is 5.84. The maximum absolute atomic E-state index is 13.0. The Morgan fingerprint density at radius 1 is 1.29 bits per heavy atom. The first-order valence-electron chi connectivity index (χ1n) is 7.90. The highest BCUT2D eigenvalue weighted by Gasteiger charge is 2.56. The maximum atomic E-state index is 13.0. The topological polar surface area (TPSA) is 60.8 Å². The second-order valence-electron chi connectivity index (χ2n) is 6.62. The Morgan fingerprint density at radius 2 is 1.92 bits per heavy atom. The first-order valence-corrected chi connectivity index (χ1v) is 7.90. The van der Waals surface area contributed by atoms with E-state index in [-0.39, 0.29) is 19.4 Å². The molecular weight excluding hydrogens is 323 g/mol. The molecule has 0 spiro atoms. The fraction of sp³-hybridized carbons (Fsp3) is 0.588. The molecule has 1 aromatic carbocycles. The van der Waals surface area contributed by atoms with Crippen molar-refractivity contribution in [2.24, 2.45) is 0 Å². The molecule has 0 aliphatic carbocycles. The van der Waals surface area contributed by atoms with Gasteiger partial charge in [0.1, 0.15) is 5.60 Å². The molecular formula is C17H22F3NO3. The molecule has 2 unspecified atom stereocenters. The number of aryl methyl sites for hydroxylation is 1. The van der Waals surface area contributed by atoms with Gasteiger partial charge in [-0.3, -0.25) is 4.79 Å². The summed E-state index contributed by atoms with van der Waals surface area (Å²) >= 11 is 0. The van der Waals surface area contributed by atoms with Crippen LogP contribution < -0.4 is 0 Å². The van der Waals surface area contributed by atoms with Gasteiger partial charge in [-0.2, -0.15) is 13.2 Å². The lowest BCUT2D eigenvalue weighted by Gasteiger charge is -2.42. The van der Waals surface area contributed by atoms with Crippen LogP contribution in [0.3, 0.4) is 0 Å². The van der Waals surface area contributed by atoms with Crippen molar-refractivity contribution < 1.29 is 28.2 Å². The largest absolute Gasteiger partial charge is 0.418 e. The molecule has 1 aliphatic heterocycles. The van der Waals surface area contributed by atoms with Crippen LogP contribution in [-0.2, 0) is 11.2 Å². The van der Waals surface area contributed by atoms with Gasteiger partial charge in [-0.25, -0.2) is 0 Å². The quantitative estimate of drug-likeness (QED) is 0.880. The molecule has 4 nitrogen and oxygen atoms in total. The van der Waals surface area contributed by atoms with Gasteiger partial charge in [0, 0.05) is 6.54 Å². The molecule has 2 N–H and O–H groups in total. The van der Waals surface area contributed by atoms with E-state index in [9.17, 15) is 28.2 Å². The monoisotopic (exact) mass is 345 g/mol. The SMILES string of the molecule is CC(O)(CCc1ccccc1)C(=O)N1CCCC(O)(C(F)(F)F)C1. The second-order valence-corrected chi connectivity index (χ2v) is 6.62. The van der Waals surface area contributed by atoms with Gasteiger partial charge in [-0.1, -0.05) is 30.3 Å². The van der Waals surface area contributed by atoms with E-state index in [2.05, 4.69) is 0 Å². The highest BCUT2D eigenvalue weighted by Crippen LogP contribution is 2.37. The van der Waals surface area contributed by atoms with Crippen molar-refractivity contribution in [1.82, 2.24) is 4.90 Å². The summed E-state index contributed by atoms with van der Waals surface area (Å²) in [5, 5.41) is 20.2. The fourth-order valence-electron chi connectivity index (χ4n) is 2.92. The summed E-state index contributed by atoms with van der Waals surface area (Å²) < 4.78 is 38.9. The first-order chi connectivity index (χ1) is 11.1. The van der Waals surface area contributed by atoms with Crippen LogP contribution in [0.4, 0.5) is 13.2 Å². The molecule has 1 aromatic rings. The maximum Gasteiger partial charge on any atom is 0.418 e. The molecule has 1 heterocycles. The van der Waals surface area contributed by atoms with Gasteiger partial charge in [-0.15, -0.1) is 0 Å². The molecule has 2 atom stereocenters. The highest BCUT2D eigenvalue weighted by atomic mass is 19.4. The van der Waals surface area contributed by atoms with Crippen molar-refractivity contribution in [2.75, 3.05) is 13.1 Å². The zero-order chi connectivity index (χ0) is 18.0. The van der Waals surface area contributed by atoms with Crippen molar-refractivity contribution >= 4 is 5.91 Å². The summed E-state index contributed by atoms with van der Waals surface area (Å²) in [6.45, 7) is 0.565. The van der Waals surface area contributed by atoms with E-state index < -0.39 is 36.3 Å². The lowest BCUT2D eigenvalue weighted by Crippen LogP contribution is -2.61. The van der Waals surface area contributed by atoms with Crippen LogP contribution in [0.15, 0.2) is 30.3 Å². The van der Waals surface area contributed by atoms with Crippen LogP contribution in [0.2, 0.25) is 0 Å². The van der Waals surface area contributed by atoms with Crippen LogP contribution in [-0.4, -0.2) is 51.5 Å². The second kappa shape index (κ2) is 6.72. The summed E-state index contributed by atoms with van der Waals surface area (Å²) in [6.07, 6.45) is -4.68. The number of hydrogen-bond donors (Lipinski definition) is 2.